The molecule has 2 rings (SSSR count). The number of ether oxygens (including phenoxy) is 1. The van der Waals surface area contributed by atoms with E-state index in [0.717, 1.165) is 32.1 Å². The van der Waals surface area contributed by atoms with Crippen LogP contribution in [0.15, 0.2) is 12.2 Å². The number of methoxy groups -OCH3 is 1. The van der Waals surface area contributed by atoms with Crippen LogP contribution in [0.4, 0.5) is 8.78 Å². The zero-order valence-electron chi connectivity index (χ0n) is 12.5. The predicted molar refractivity (Wildman–Crippen MR) is 79.3 cm³/mol. The Bertz CT molecular complexity index is 307. The van der Waals surface area contributed by atoms with Crippen molar-refractivity contribution in [3.05, 3.63) is 12.2 Å². The van der Waals surface area contributed by atoms with Crippen LogP contribution < -0.4 is 0 Å². The Kier molecular flexibility index (Phi) is 7.10. The first-order chi connectivity index (χ1) is 9.17. The molecule has 4 unspecified atom stereocenters. The highest BCUT2D eigenvalue weighted by Crippen LogP contribution is 2.42. The van der Waals surface area contributed by atoms with Crippen molar-refractivity contribution in [3.63, 3.8) is 0 Å². The van der Waals surface area contributed by atoms with Crippen LogP contribution in [0.25, 0.3) is 0 Å². The molecule has 0 bridgehead atoms. The monoisotopic (exact) mass is 292 g/mol. The third-order valence-electron chi connectivity index (χ3n) is 5.04. The topological polar surface area (TPSA) is 40.7 Å². The first kappa shape index (κ1) is 17.6. The van der Waals surface area contributed by atoms with Gasteiger partial charge in [-0.1, -0.05) is 12.2 Å². The fraction of sp³-hybridized carbons (Fsp3) is 0.875. The molecular weight excluding hydrogens is 262 g/mol. The highest BCUT2D eigenvalue weighted by Gasteiger charge is 2.44. The van der Waals surface area contributed by atoms with Crippen LogP contribution in [0, 0.1) is 17.8 Å². The normalized spacial score (nSPS) is 42.4. The molecule has 0 radical (unpaired) electrons. The zero-order chi connectivity index (χ0) is 13.8. The first-order valence-electron chi connectivity index (χ1n) is 7.61. The lowest BCUT2D eigenvalue weighted by Gasteiger charge is -2.40. The first-order valence-corrected chi connectivity index (χ1v) is 7.61. The molecule has 0 aromatic rings. The maximum Gasteiger partial charge on any atom is 0.157 e. The average molecular weight is 292 g/mol. The average Bonchev–Trinajstić information content (AvgIpc) is 2.43. The van der Waals surface area contributed by atoms with Crippen molar-refractivity contribution < 1.29 is 20.4 Å². The second kappa shape index (κ2) is 8.08. The van der Waals surface area contributed by atoms with Crippen molar-refractivity contribution in [1.29, 1.82) is 0 Å². The molecule has 2 fully saturated rings. The SMILES string of the molecule is C/C=C/C1CCC(C2CCC(OC)C(F)C2F)CC1.O.[HH]. The predicted octanol–water partition coefficient (Wildman–Crippen LogP) is 3.89. The van der Waals surface area contributed by atoms with E-state index >= 15 is 0 Å². The zero-order valence-corrected chi connectivity index (χ0v) is 12.5. The Morgan fingerprint density at radius 1 is 1.00 bits per heavy atom. The molecule has 2 aliphatic carbocycles. The second-order valence-electron chi connectivity index (χ2n) is 6.10. The largest absolute Gasteiger partial charge is 0.412 e. The van der Waals surface area contributed by atoms with Gasteiger partial charge in [0.15, 0.2) is 6.17 Å². The van der Waals surface area contributed by atoms with Gasteiger partial charge in [-0.05, 0) is 63.2 Å². The van der Waals surface area contributed by atoms with E-state index in [-0.39, 0.29) is 12.8 Å². The van der Waals surface area contributed by atoms with Gasteiger partial charge in [-0.2, -0.15) is 0 Å². The van der Waals surface area contributed by atoms with Crippen LogP contribution in [-0.2, 0) is 4.74 Å². The maximum absolute atomic E-state index is 14.2. The van der Waals surface area contributed by atoms with Crippen molar-refractivity contribution in [2.75, 3.05) is 7.11 Å². The Labute approximate surface area is 122 Å². The summed E-state index contributed by atoms with van der Waals surface area (Å²) in [7, 11) is 1.48. The molecule has 2 N–H and O–H groups in total. The lowest BCUT2D eigenvalue weighted by Crippen LogP contribution is -2.45. The van der Waals surface area contributed by atoms with Crippen molar-refractivity contribution in [2.24, 2.45) is 17.8 Å². The standard InChI is InChI=1S/C16H26F2O.H2O.H2/c1-3-4-11-5-7-12(8-6-11)13-9-10-14(19-2)16(18)15(13)17;;/h3-4,11-16H,5-10H2,1-2H3;1H2;1H/b4-3+;;. The lowest BCUT2D eigenvalue weighted by atomic mass is 9.69. The van der Waals surface area contributed by atoms with Gasteiger partial charge in [0.1, 0.15) is 6.17 Å². The quantitative estimate of drug-likeness (QED) is 0.727. The van der Waals surface area contributed by atoms with Crippen LogP contribution in [0.5, 0.6) is 0 Å². The molecule has 0 heterocycles. The molecule has 0 aromatic heterocycles. The molecule has 0 spiro atoms. The van der Waals surface area contributed by atoms with Gasteiger partial charge in [0.25, 0.3) is 0 Å². The van der Waals surface area contributed by atoms with Gasteiger partial charge in [0.05, 0.1) is 6.10 Å². The number of alkyl halides is 2. The molecule has 20 heavy (non-hydrogen) atoms. The molecule has 2 saturated carbocycles. The summed E-state index contributed by atoms with van der Waals surface area (Å²) in [6.07, 6.45) is 6.84. The lowest BCUT2D eigenvalue weighted by molar-refractivity contribution is -0.0714. The van der Waals surface area contributed by atoms with Crippen molar-refractivity contribution in [3.8, 4) is 0 Å². The van der Waals surface area contributed by atoms with Gasteiger partial charge in [-0.3, -0.25) is 0 Å². The minimum Gasteiger partial charge on any atom is -0.412 e. The smallest absolute Gasteiger partial charge is 0.157 e. The second-order valence-corrected chi connectivity index (χ2v) is 6.10. The summed E-state index contributed by atoms with van der Waals surface area (Å²) in [6, 6.07) is 0. The van der Waals surface area contributed by atoms with Gasteiger partial charge in [-0.15, -0.1) is 0 Å². The van der Waals surface area contributed by atoms with Crippen LogP contribution >= 0.6 is 0 Å². The van der Waals surface area contributed by atoms with Gasteiger partial charge in [0.2, 0.25) is 0 Å². The van der Waals surface area contributed by atoms with Gasteiger partial charge >= 0.3 is 0 Å². The number of rotatable bonds is 3. The number of hydrogen-bond acceptors (Lipinski definition) is 1. The minimum atomic E-state index is -1.43. The fourth-order valence-electron chi connectivity index (χ4n) is 3.90. The van der Waals surface area contributed by atoms with E-state index in [1.54, 1.807) is 0 Å². The molecule has 120 valence electrons. The van der Waals surface area contributed by atoms with E-state index in [1.807, 2.05) is 6.92 Å². The van der Waals surface area contributed by atoms with E-state index in [9.17, 15) is 8.78 Å². The molecule has 0 amide bonds. The molecule has 2 aliphatic rings. The van der Waals surface area contributed by atoms with Gasteiger partial charge in [-0.25, -0.2) is 8.78 Å². The number of halogens is 2. The summed E-state index contributed by atoms with van der Waals surface area (Å²) in [5, 5.41) is 0. The molecule has 4 heteroatoms. The molecule has 0 aliphatic heterocycles. The summed E-state index contributed by atoms with van der Waals surface area (Å²) in [5.74, 6) is 0.927. The molecular formula is C16H30F2O2. The Morgan fingerprint density at radius 2 is 1.65 bits per heavy atom. The number of hydrogen-bond donors (Lipinski definition) is 0. The minimum absolute atomic E-state index is 0. The van der Waals surface area contributed by atoms with Crippen LogP contribution in [0.2, 0.25) is 0 Å². The number of allylic oxidation sites excluding steroid dienone is 2. The van der Waals surface area contributed by atoms with E-state index < -0.39 is 18.4 Å². The van der Waals surface area contributed by atoms with E-state index in [2.05, 4.69) is 12.2 Å². The summed E-state index contributed by atoms with van der Waals surface area (Å²) < 4.78 is 33.2. The Balaban J connectivity index is 0.00000200. The molecule has 0 saturated heterocycles. The Hall–Kier alpha value is -0.480. The van der Waals surface area contributed by atoms with Crippen molar-refractivity contribution in [2.45, 2.75) is 63.9 Å². The van der Waals surface area contributed by atoms with Crippen molar-refractivity contribution >= 4 is 0 Å². The third kappa shape index (κ3) is 3.79. The Morgan fingerprint density at radius 3 is 2.20 bits per heavy atom. The fourth-order valence-corrected chi connectivity index (χ4v) is 3.90. The molecule has 4 atom stereocenters. The van der Waals surface area contributed by atoms with Crippen LogP contribution in [0.1, 0.15) is 46.9 Å². The summed E-state index contributed by atoms with van der Waals surface area (Å²) in [6.45, 7) is 2.05. The van der Waals surface area contributed by atoms with Crippen LogP contribution in [0.3, 0.4) is 0 Å². The molecule has 2 nitrogen and oxygen atoms in total. The van der Waals surface area contributed by atoms with Gasteiger partial charge < -0.3 is 10.2 Å². The van der Waals surface area contributed by atoms with Gasteiger partial charge in [0, 0.05) is 8.54 Å². The third-order valence-corrected chi connectivity index (χ3v) is 5.04. The van der Waals surface area contributed by atoms with E-state index in [0.29, 0.717) is 18.3 Å². The van der Waals surface area contributed by atoms with E-state index in [1.165, 1.54) is 7.11 Å². The summed E-state index contributed by atoms with van der Waals surface area (Å²) in [5.41, 5.74) is 0. The maximum atomic E-state index is 14.2. The summed E-state index contributed by atoms with van der Waals surface area (Å²) in [4.78, 5) is 0. The van der Waals surface area contributed by atoms with E-state index in [4.69, 9.17) is 4.74 Å². The highest BCUT2D eigenvalue weighted by molar-refractivity contribution is 4.95. The molecule has 0 aromatic carbocycles. The summed E-state index contributed by atoms with van der Waals surface area (Å²) >= 11 is 0. The highest BCUT2D eigenvalue weighted by atomic mass is 19.2. The van der Waals surface area contributed by atoms with Crippen molar-refractivity contribution in [1.82, 2.24) is 0 Å². The van der Waals surface area contributed by atoms with Crippen LogP contribution in [-0.4, -0.2) is 31.0 Å².